The second-order valence-electron chi connectivity index (χ2n) is 3.72. The van der Waals surface area contributed by atoms with Crippen LogP contribution in [0.3, 0.4) is 0 Å². The van der Waals surface area contributed by atoms with E-state index in [0.29, 0.717) is 5.02 Å². The molecule has 2 aromatic carbocycles. The standard InChI is InChI=1S/C14H10ClIO/c15-12-5-1-10(2-6-12)14(9-17)11-3-7-13(16)8-4-11/h1-9,14H. The first-order valence-electron chi connectivity index (χ1n) is 5.17. The lowest BCUT2D eigenvalue weighted by atomic mass is 9.93. The number of halogens is 2. The highest BCUT2D eigenvalue weighted by atomic mass is 127. The molecule has 0 amide bonds. The van der Waals surface area contributed by atoms with Crippen LogP contribution in [-0.4, -0.2) is 6.29 Å². The van der Waals surface area contributed by atoms with E-state index in [-0.39, 0.29) is 5.92 Å². The van der Waals surface area contributed by atoms with Gasteiger partial charge in [-0.05, 0) is 58.0 Å². The Bertz CT molecular complexity index is 459. The maximum Gasteiger partial charge on any atom is 0.131 e. The van der Waals surface area contributed by atoms with E-state index in [0.717, 1.165) is 21.0 Å². The summed E-state index contributed by atoms with van der Waals surface area (Å²) in [6, 6.07) is 15.4. The molecule has 2 rings (SSSR count). The molecular weight excluding hydrogens is 347 g/mol. The van der Waals surface area contributed by atoms with Gasteiger partial charge in [0.05, 0.1) is 5.92 Å². The molecule has 3 heteroatoms. The zero-order valence-electron chi connectivity index (χ0n) is 8.94. The van der Waals surface area contributed by atoms with Crippen molar-refractivity contribution in [3.63, 3.8) is 0 Å². The van der Waals surface area contributed by atoms with E-state index >= 15 is 0 Å². The zero-order valence-corrected chi connectivity index (χ0v) is 11.9. The van der Waals surface area contributed by atoms with Crippen molar-refractivity contribution in [1.29, 1.82) is 0 Å². The zero-order chi connectivity index (χ0) is 12.3. The molecule has 0 saturated carbocycles. The molecule has 0 aliphatic heterocycles. The van der Waals surface area contributed by atoms with Crippen molar-refractivity contribution in [1.82, 2.24) is 0 Å². The fourth-order valence-electron chi connectivity index (χ4n) is 1.69. The van der Waals surface area contributed by atoms with Crippen LogP contribution in [-0.2, 0) is 4.79 Å². The summed E-state index contributed by atoms with van der Waals surface area (Å²) in [7, 11) is 0. The van der Waals surface area contributed by atoms with Crippen LogP contribution in [0.25, 0.3) is 0 Å². The summed E-state index contributed by atoms with van der Waals surface area (Å²) in [5.74, 6) is -0.218. The third kappa shape index (κ3) is 3.07. The fourth-order valence-corrected chi connectivity index (χ4v) is 2.18. The van der Waals surface area contributed by atoms with Crippen LogP contribution in [0.1, 0.15) is 17.0 Å². The van der Waals surface area contributed by atoms with Crippen molar-refractivity contribution in [3.05, 3.63) is 68.3 Å². The first kappa shape index (κ1) is 12.6. The summed E-state index contributed by atoms with van der Waals surface area (Å²) < 4.78 is 1.16. The number of carbonyl (C=O) groups is 1. The van der Waals surface area contributed by atoms with Crippen LogP contribution >= 0.6 is 34.2 Å². The van der Waals surface area contributed by atoms with Gasteiger partial charge in [0.2, 0.25) is 0 Å². The van der Waals surface area contributed by atoms with Gasteiger partial charge in [0.1, 0.15) is 6.29 Å². The van der Waals surface area contributed by atoms with Gasteiger partial charge in [-0.3, -0.25) is 0 Å². The van der Waals surface area contributed by atoms with Crippen molar-refractivity contribution in [3.8, 4) is 0 Å². The molecule has 1 atom stereocenters. The lowest BCUT2D eigenvalue weighted by Crippen LogP contribution is -2.02. The van der Waals surface area contributed by atoms with Gasteiger partial charge < -0.3 is 4.79 Å². The Morgan fingerprint density at radius 1 is 0.941 bits per heavy atom. The molecular formula is C14H10ClIO. The average Bonchev–Trinajstić information content (AvgIpc) is 2.35. The SMILES string of the molecule is O=CC(c1ccc(Cl)cc1)c1ccc(I)cc1. The second-order valence-corrected chi connectivity index (χ2v) is 5.40. The summed E-state index contributed by atoms with van der Waals surface area (Å²) >= 11 is 8.08. The van der Waals surface area contributed by atoms with E-state index in [2.05, 4.69) is 22.6 Å². The van der Waals surface area contributed by atoms with E-state index in [1.807, 2.05) is 36.4 Å². The van der Waals surface area contributed by atoms with Crippen LogP contribution in [0, 0.1) is 3.57 Å². The summed E-state index contributed by atoms with van der Waals surface area (Å²) in [4.78, 5) is 11.2. The summed E-state index contributed by atoms with van der Waals surface area (Å²) in [6.07, 6.45) is 0.964. The third-order valence-corrected chi connectivity index (χ3v) is 3.57. The number of hydrogen-bond donors (Lipinski definition) is 0. The lowest BCUT2D eigenvalue weighted by molar-refractivity contribution is -0.108. The Labute approximate surface area is 119 Å². The maximum atomic E-state index is 11.2. The van der Waals surface area contributed by atoms with Crippen molar-refractivity contribution in [2.24, 2.45) is 0 Å². The molecule has 0 radical (unpaired) electrons. The Hall–Kier alpha value is -0.870. The first-order valence-corrected chi connectivity index (χ1v) is 6.62. The Kier molecular flexibility index (Phi) is 4.18. The van der Waals surface area contributed by atoms with Crippen LogP contribution in [0.4, 0.5) is 0 Å². The summed E-state index contributed by atoms with van der Waals surface area (Å²) in [6.45, 7) is 0. The number of benzene rings is 2. The molecule has 0 saturated heterocycles. The van der Waals surface area contributed by atoms with Gasteiger partial charge in [0.15, 0.2) is 0 Å². The number of rotatable bonds is 3. The minimum Gasteiger partial charge on any atom is -0.302 e. The van der Waals surface area contributed by atoms with Crippen molar-refractivity contribution in [2.45, 2.75) is 5.92 Å². The highest BCUT2D eigenvalue weighted by molar-refractivity contribution is 14.1. The molecule has 86 valence electrons. The van der Waals surface area contributed by atoms with Gasteiger partial charge in [-0.2, -0.15) is 0 Å². The molecule has 1 nitrogen and oxygen atoms in total. The molecule has 0 aliphatic rings. The van der Waals surface area contributed by atoms with E-state index in [1.165, 1.54) is 0 Å². The monoisotopic (exact) mass is 356 g/mol. The Balaban J connectivity index is 2.36. The summed E-state index contributed by atoms with van der Waals surface area (Å²) in [5.41, 5.74) is 1.97. The fraction of sp³-hybridized carbons (Fsp3) is 0.0714. The van der Waals surface area contributed by atoms with Crippen molar-refractivity contribution < 1.29 is 4.79 Å². The molecule has 0 spiro atoms. The van der Waals surface area contributed by atoms with Crippen LogP contribution < -0.4 is 0 Å². The second kappa shape index (κ2) is 5.65. The lowest BCUT2D eigenvalue weighted by Gasteiger charge is -2.11. The molecule has 1 unspecified atom stereocenters. The van der Waals surface area contributed by atoms with E-state index in [1.54, 1.807) is 12.1 Å². The predicted octanol–water partition coefficient (Wildman–Crippen LogP) is 4.28. The average molecular weight is 357 g/mol. The van der Waals surface area contributed by atoms with Crippen LogP contribution in [0.2, 0.25) is 5.02 Å². The summed E-state index contributed by atoms with van der Waals surface area (Å²) in [5, 5.41) is 0.681. The number of hydrogen-bond acceptors (Lipinski definition) is 1. The number of carbonyl (C=O) groups excluding carboxylic acids is 1. The molecule has 0 bridgehead atoms. The molecule has 0 fully saturated rings. The predicted molar refractivity (Wildman–Crippen MR) is 78.5 cm³/mol. The molecule has 0 aliphatic carbocycles. The maximum absolute atomic E-state index is 11.2. The topological polar surface area (TPSA) is 17.1 Å². The highest BCUT2D eigenvalue weighted by Crippen LogP contribution is 2.24. The van der Waals surface area contributed by atoms with E-state index in [9.17, 15) is 4.79 Å². The highest BCUT2D eigenvalue weighted by Gasteiger charge is 2.12. The molecule has 0 heterocycles. The Morgan fingerprint density at radius 3 is 1.88 bits per heavy atom. The quantitative estimate of drug-likeness (QED) is 0.593. The first-order chi connectivity index (χ1) is 8.20. The minimum absolute atomic E-state index is 0.218. The number of aldehydes is 1. The van der Waals surface area contributed by atoms with E-state index < -0.39 is 0 Å². The molecule has 17 heavy (non-hydrogen) atoms. The van der Waals surface area contributed by atoms with Crippen molar-refractivity contribution >= 4 is 40.5 Å². The van der Waals surface area contributed by atoms with Gasteiger partial charge in [0.25, 0.3) is 0 Å². The van der Waals surface area contributed by atoms with Gasteiger partial charge in [-0.15, -0.1) is 0 Å². The van der Waals surface area contributed by atoms with Gasteiger partial charge in [0, 0.05) is 8.59 Å². The largest absolute Gasteiger partial charge is 0.302 e. The van der Waals surface area contributed by atoms with Crippen molar-refractivity contribution in [2.75, 3.05) is 0 Å². The molecule has 2 aromatic rings. The van der Waals surface area contributed by atoms with Crippen LogP contribution in [0.5, 0.6) is 0 Å². The third-order valence-electron chi connectivity index (χ3n) is 2.59. The van der Waals surface area contributed by atoms with E-state index in [4.69, 9.17) is 11.6 Å². The molecule has 0 N–H and O–H groups in total. The normalized spacial score (nSPS) is 12.1. The van der Waals surface area contributed by atoms with Gasteiger partial charge in [-0.1, -0.05) is 35.9 Å². The van der Waals surface area contributed by atoms with Crippen LogP contribution in [0.15, 0.2) is 48.5 Å². The Morgan fingerprint density at radius 2 is 1.41 bits per heavy atom. The smallest absolute Gasteiger partial charge is 0.131 e. The van der Waals surface area contributed by atoms with Gasteiger partial charge >= 0.3 is 0 Å². The minimum atomic E-state index is -0.218. The van der Waals surface area contributed by atoms with Gasteiger partial charge in [-0.25, -0.2) is 0 Å². The molecule has 0 aromatic heterocycles.